The van der Waals surface area contributed by atoms with E-state index in [9.17, 15) is 75.7 Å². The molecule has 0 radical (unpaired) electrons. The van der Waals surface area contributed by atoms with Crippen LogP contribution < -0.4 is 10.6 Å². The van der Waals surface area contributed by atoms with E-state index in [0.717, 1.165) is 77.6 Å². The quantitative estimate of drug-likeness (QED) is 0.0243. The smallest absolute Gasteiger partial charge is 0.364 e. The predicted octanol–water partition coefficient (Wildman–Crippen LogP) is 6.06. The van der Waals surface area contributed by atoms with Crippen LogP contribution in [0.25, 0.3) is 0 Å². The van der Waals surface area contributed by atoms with Crippen molar-refractivity contribution in [2.24, 2.45) is 0 Å². The number of hydrogen-bond donors (Lipinski definition) is 14. The Balaban J connectivity index is 1.61. The molecule has 14 N–H and O–H groups in total. The van der Waals surface area contributed by atoms with E-state index < -0.39 is 155 Å². The van der Waals surface area contributed by atoms with Crippen LogP contribution >= 0.6 is 0 Å². The summed E-state index contributed by atoms with van der Waals surface area (Å²) in [5, 5.41) is 136. The highest BCUT2D eigenvalue weighted by molar-refractivity contribution is 5.77. The molecule has 23 nitrogen and oxygen atoms in total. The second kappa shape index (κ2) is 48.0. The van der Waals surface area contributed by atoms with Gasteiger partial charge in [-0.15, -0.1) is 0 Å². The summed E-state index contributed by atoms with van der Waals surface area (Å²) in [6.07, 6.45) is 17.9. The summed E-state index contributed by atoms with van der Waals surface area (Å²) in [5.41, 5.74) is 0. The Morgan fingerprint density at radius 2 is 1.04 bits per heavy atom. The number of carbonyl (C=O) groups excluding carboxylic acids is 2. The Labute approximate surface area is 536 Å². The van der Waals surface area contributed by atoms with Crippen LogP contribution in [0.5, 0.6) is 0 Å². The molecule has 18 atom stereocenters. The van der Waals surface area contributed by atoms with Gasteiger partial charge in [-0.3, -0.25) is 9.59 Å². The number of allylic oxidation sites excluding steroid dienone is 3. The van der Waals surface area contributed by atoms with Gasteiger partial charge in [-0.1, -0.05) is 205 Å². The first-order valence-corrected chi connectivity index (χ1v) is 34.7. The van der Waals surface area contributed by atoms with Gasteiger partial charge in [-0.2, -0.15) is 0 Å². The van der Waals surface area contributed by atoms with Gasteiger partial charge in [-0.25, -0.2) is 4.79 Å². The summed E-state index contributed by atoms with van der Waals surface area (Å²) in [7, 11) is 0. The minimum Gasteiger partial charge on any atom is -0.477 e. The highest BCUT2D eigenvalue weighted by Gasteiger charge is 2.60. The fourth-order valence-electron chi connectivity index (χ4n) is 12.1. The van der Waals surface area contributed by atoms with E-state index in [1.807, 2.05) is 6.08 Å². The van der Waals surface area contributed by atoms with E-state index in [1.165, 1.54) is 128 Å². The molecule has 23 heteroatoms. The van der Waals surface area contributed by atoms with E-state index in [2.05, 4.69) is 36.6 Å². The highest BCUT2D eigenvalue weighted by atomic mass is 16.8. The molecule has 526 valence electrons. The van der Waals surface area contributed by atoms with Crippen LogP contribution in [0.15, 0.2) is 24.3 Å². The van der Waals surface area contributed by atoms with Gasteiger partial charge in [0, 0.05) is 19.8 Å². The second-order valence-corrected chi connectivity index (χ2v) is 25.4. The molecule has 2 amide bonds. The molecule has 0 spiro atoms. The number of rotatable bonds is 52. The molecule has 90 heavy (non-hydrogen) atoms. The lowest BCUT2D eigenvalue weighted by Crippen LogP contribution is -2.70. The van der Waals surface area contributed by atoms with Crippen LogP contribution in [0.2, 0.25) is 0 Å². The molecule has 0 aliphatic carbocycles. The third kappa shape index (κ3) is 30.3. The van der Waals surface area contributed by atoms with Gasteiger partial charge in [-0.05, 0) is 44.9 Å². The Morgan fingerprint density at radius 1 is 0.578 bits per heavy atom. The van der Waals surface area contributed by atoms with Crippen molar-refractivity contribution in [3.05, 3.63) is 24.3 Å². The molecular weight excluding hydrogens is 1170 g/mol. The van der Waals surface area contributed by atoms with Crippen LogP contribution in [0, 0.1) is 0 Å². The van der Waals surface area contributed by atoms with Crippen LogP contribution in [0.3, 0.4) is 0 Å². The van der Waals surface area contributed by atoms with E-state index in [0.29, 0.717) is 12.8 Å². The van der Waals surface area contributed by atoms with E-state index in [4.69, 9.17) is 28.4 Å². The number of aliphatic carboxylic acids is 1. The summed E-state index contributed by atoms with van der Waals surface area (Å²) in [6, 6.07) is -2.62. The van der Waals surface area contributed by atoms with Crippen molar-refractivity contribution in [2.45, 2.75) is 355 Å². The number of hydrogen-bond acceptors (Lipinski definition) is 20. The number of aliphatic hydroxyl groups excluding tert-OH is 11. The molecule has 0 saturated carbocycles. The summed E-state index contributed by atoms with van der Waals surface area (Å²) < 4.78 is 34.8. The first-order valence-electron chi connectivity index (χ1n) is 34.7. The Morgan fingerprint density at radius 3 is 1.52 bits per heavy atom. The summed E-state index contributed by atoms with van der Waals surface area (Å²) in [5.74, 6) is -6.15. The molecular formula is C67H122N2O21. The number of amides is 2. The number of carbonyl (C=O) groups is 3. The van der Waals surface area contributed by atoms with Gasteiger partial charge in [0.2, 0.25) is 11.8 Å². The van der Waals surface area contributed by atoms with E-state index in [1.54, 1.807) is 6.08 Å². The van der Waals surface area contributed by atoms with Crippen LogP contribution in [0.4, 0.5) is 0 Å². The van der Waals surface area contributed by atoms with Crippen molar-refractivity contribution in [3.63, 3.8) is 0 Å². The SMILES string of the molecule is CCCCCC/C=C\CCCCCCCCCC(=O)NC(COC1OC(CO)C(OC2OC(CO)C(O)C(OC3(C(=O)O)CC(O)C(NC(C)=O)C(C(O)C(O)CO)O3)C2O)C(O)C1O)C(O)/C=C/CCCCCCCCCCCCCCCCCCCCC. The zero-order chi connectivity index (χ0) is 66.1. The van der Waals surface area contributed by atoms with Crippen LogP contribution in [-0.2, 0) is 42.8 Å². The van der Waals surface area contributed by atoms with Crippen molar-refractivity contribution in [1.82, 2.24) is 10.6 Å². The van der Waals surface area contributed by atoms with Crippen molar-refractivity contribution in [2.75, 3.05) is 26.4 Å². The van der Waals surface area contributed by atoms with Gasteiger partial charge >= 0.3 is 5.97 Å². The zero-order valence-electron chi connectivity index (χ0n) is 54.7. The van der Waals surface area contributed by atoms with Gasteiger partial charge in [0.05, 0.1) is 50.7 Å². The molecule has 3 heterocycles. The Kier molecular flexibility index (Phi) is 43.4. The number of unbranched alkanes of at least 4 members (excludes halogenated alkanes) is 30. The van der Waals surface area contributed by atoms with E-state index in [-0.39, 0.29) is 12.3 Å². The van der Waals surface area contributed by atoms with Crippen molar-refractivity contribution < 1.29 is 104 Å². The van der Waals surface area contributed by atoms with Gasteiger partial charge < -0.3 is 100 Å². The fraction of sp³-hybridized carbons (Fsp3) is 0.896. The number of carboxylic acids is 1. The van der Waals surface area contributed by atoms with Gasteiger partial charge in [0.15, 0.2) is 12.6 Å². The van der Waals surface area contributed by atoms with Crippen molar-refractivity contribution >= 4 is 17.8 Å². The monoisotopic (exact) mass is 1290 g/mol. The Bertz CT molecular complexity index is 1920. The van der Waals surface area contributed by atoms with Crippen molar-refractivity contribution in [1.29, 1.82) is 0 Å². The molecule has 0 aromatic heterocycles. The minimum atomic E-state index is -3.08. The maximum absolute atomic E-state index is 13.4. The summed E-state index contributed by atoms with van der Waals surface area (Å²) >= 11 is 0. The average molecular weight is 1290 g/mol. The topological polar surface area (TPSA) is 373 Å². The largest absolute Gasteiger partial charge is 0.477 e. The number of carboxylic acid groups (broad SMARTS) is 1. The normalized spacial score (nSPS) is 28.7. The third-order valence-corrected chi connectivity index (χ3v) is 17.6. The molecule has 0 bridgehead atoms. The fourth-order valence-corrected chi connectivity index (χ4v) is 12.1. The van der Waals surface area contributed by atoms with Crippen LogP contribution in [-0.4, -0.2) is 215 Å². The average Bonchev–Trinajstić information content (AvgIpc) is 0.838. The van der Waals surface area contributed by atoms with Crippen molar-refractivity contribution in [3.8, 4) is 0 Å². The summed E-state index contributed by atoms with van der Waals surface area (Å²) in [4.78, 5) is 38.5. The van der Waals surface area contributed by atoms with Gasteiger partial charge in [0.25, 0.3) is 5.79 Å². The number of aliphatic hydroxyl groups is 11. The standard InChI is InChI=1S/C67H122N2O21/c1-4-6-8-10-12-14-16-18-20-21-22-23-24-25-27-28-30-32-34-36-38-40-49(74)48(69-54(77)41-39-37-35-33-31-29-26-19-17-15-13-11-9-7-5-2)46-85-64-59(81)58(80)61(53(45-72)87-64)88-65-60(82)63(57(79)52(44-71)86-65)90-67(66(83)84)42-50(75)55(68-47(3)73)62(89-67)56(78)51(76)43-70/h15,17,38,40,48-53,55-65,70-72,74-76,78-82H,4-14,16,18-37,39,41-46H2,1-3H3,(H,68,73)(H,69,77)(H,83,84)/b17-15-,40-38+. The number of nitrogens with one attached hydrogen (secondary N) is 2. The highest BCUT2D eigenvalue weighted by Crippen LogP contribution is 2.39. The first kappa shape index (κ1) is 81.4. The van der Waals surface area contributed by atoms with Crippen LogP contribution in [0.1, 0.15) is 245 Å². The second-order valence-electron chi connectivity index (χ2n) is 25.4. The first-order chi connectivity index (χ1) is 43.4. The third-order valence-electron chi connectivity index (χ3n) is 17.6. The molecule has 3 aliphatic rings. The van der Waals surface area contributed by atoms with E-state index >= 15 is 0 Å². The molecule has 18 unspecified atom stereocenters. The molecule has 0 aromatic rings. The predicted molar refractivity (Wildman–Crippen MR) is 338 cm³/mol. The Hall–Kier alpha value is -2.79. The maximum atomic E-state index is 13.4. The lowest BCUT2D eigenvalue weighted by atomic mass is 9.88. The lowest BCUT2D eigenvalue weighted by Gasteiger charge is -2.50. The van der Waals surface area contributed by atoms with Gasteiger partial charge in [0.1, 0.15) is 67.1 Å². The molecule has 3 saturated heterocycles. The molecule has 3 rings (SSSR count). The molecule has 0 aromatic carbocycles. The molecule has 3 fully saturated rings. The molecule has 3 aliphatic heterocycles. The maximum Gasteiger partial charge on any atom is 0.364 e. The summed E-state index contributed by atoms with van der Waals surface area (Å²) in [6.45, 7) is 2.12. The number of ether oxygens (including phenoxy) is 6. The minimum absolute atomic E-state index is 0.196. The zero-order valence-corrected chi connectivity index (χ0v) is 54.7. The lowest BCUT2D eigenvalue weighted by molar-refractivity contribution is -0.386.